The number of benzene rings is 1. The van der Waals surface area contributed by atoms with E-state index >= 15 is 0 Å². The Balaban J connectivity index is 0.000000228. The van der Waals surface area contributed by atoms with Crippen molar-refractivity contribution in [3.63, 3.8) is 0 Å². The first-order valence-corrected chi connectivity index (χ1v) is 9.30. The highest BCUT2D eigenvalue weighted by atomic mass is 16.1. The van der Waals surface area contributed by atoms with Crippen LogP contribution in [0.5, 0.6) is 0 Å². The summed E-state index contributed by atoms with van der Waals surface area (Å²) in [6, 6.07) is 8.75. The number of carbonyl (C=O) groups excluding carboxylic acids is 1. The highest BCUT2D eigenvalue weighted by Crippen LogP contribution is 2.17. The van der Waals surface area contributed by atoms with Crippen molar-refractivity contribution in [2.24, 2.45) is 0 Å². The van der Waals surface area contributed by atoms with Crippen LogP contribution in [0, 0.1) is 6.92 Å². The van der Waals surface area contributed by atoms with E-state index in [1.165, 1.54) is 17.5 Å². The van der Waals surface area contributed by atoms with Gasteiger partial charge in [-0.15, -0.1) is 0 Å². The number of rotatable bonds is 2. The second-order valence-electron chi connectivity index (χ2n) is 6.37. The minimum absolute atomic E-state index is 0.0906. The molecule has 1 aromatic carbocycles. The van der Waals surface area contributed by atoms with Crippen molar-refractivity contribution in [3.8, 4) is 0 Å². The number of ketones is 1. The summed E-state index contributed by atoms with van der Waals surface area (Å²) in [4.78, 5) is 15.4. The van der Waals surface area contributed by atoms with E-state index in [9.17, 15) is 4.79 Å². The number of Topliss-reactive ketones (excluding diaryl/α,β-unsaturated/α-hetero) is 1. The van der Waals surface area contributed by atoms with Crippen molar-refractivity contribution in [1.82, 2.24) is 14.9 Å². The molecule has 0 bridgehead atoms. The van der Waals surface area contributed by atoms with Gasteiger partial charge in [-0.2, -0.15) is 0 Å². The molecule has 4 nitrogen and oxygen atoms in total. The van der Waals surface area contributed by atoms with Crippen LogP contribution in [0.3, 0.4) is 0 Å². The Kier molecular flexibility index (Phi) is 9.14. The molecule has 25 heavy (non-hydrogen) atoms. The van der Waals surface area contributed by atoms with E-state index in [1.54, 1.807) is 13.1 Å². The molecule has 0 fully saturated rings. The molecule has 1 atom stereocenters. The predicted octanol–water partition coefficient (Wildman–Crippen LogP) is 4.72. The van der Waals surface area contributed by atoms with Gasteiger partial charge in [-0.3, -0.25) is 4.79 Å². The van der Waals surface area contributed by atoms with Gasteiger partial charge in [0.25, 0.3) is 0 Å². The molecule has 0 saturated heterocycles. The monoisotopic (exact) mass is 343 g/mol. The third-order valence-corrected chi connectivity index (χ3v) is 4.06. The normalized spacial score (nSPS) is 15.2. The van der Waals surface area contributed by atoms with Gasteiger partial charge in [-0.1, -0.05) is 51.5 Å². The van der Waals surface area contributed by atoms with Crippen LogP contribution < -0.4 is 5.32 Å². The molecule has 2 aromatic rings. The van der Waals surface area contributed by atoms with Crippen LogP contribution in [0.25, 0.3) is 0 Å². The number of nitrogens with zero attached hydrogens (tertiary/aromatic N) is 2. The molecule has 1 unspecified atom stereocenters. The summed E-state index contributed by atoms with van der Waals surface area (Å²) in [5.41, 5.74) is 3.58. The molecule has 1 N–H and O–H groups in total. The first kappa shape index (κ1) is 21.1. The lowest BCUT2D eigenvalue weighted by Crippen LogP contribution is -2.33. The zero-order chi connectivity index (χ0) is 18.8. The maximum Gasteiger partial charge on any atom is 0.177 e. The molecule has 0 spiro atoms. The van der Waals surface area contributed by atoms with Crippen LogP contribution in [0.1, 0.15) is 74.5 Å². The predicted molar refractivity (Wildman–Crippen MR) is 105 cm³/mol. The molecule has 138 valence electrons. The molecular formula is C21H33N3O. The number of carbonyl (C=O) groups is 1. The number of hydrogen-bond acceptors (Lipinski definition) is 3. The summed E-state index contributed by atoms with van der Waals surface area (Å²) in [6.45, 7) is 14.0. The van der Waals surface area contributed by atoms with Gasteiger partial charge < -0.3 is 9.88 Å². The topological polar surface area (TPSA) is 46.9 Å². The van der Waals surface area contributed by atoms with Gasteiger partial charge in [-0.05, 0) is 31.4 Å². The van der Waals surface area contributed by atoms with Crippen molar-refractivity contribution in [2.45, 2.75) is 67.0 Å². The maximum atomic E-state index is 11.2. The van der Waals surface area contributed by atoms with Gasteiger partial charge in [0.2, 0.25) is 0 Å². The van der Waals surface area contributed by atoms with E-state index in [2.05, 4.69) is 69.2 Å². The molecule has 4 heteroatoms. The zero-order valence-corrected chi connectivity index (χ0v) is 16.6. The van der Waals surface area contributed by atoms with Gasteiger partial charge in [0.1, 0.15) is 11.5 Å². The summed E-state index contributed by atoms with van der Waals surface area (Å²) in [6.07, 6.45) is 4.06. The molecule has 1 aliphatic rings. The number of imidazole rings is 1. The standard InChI is InChI=1S/C9H13N3O.C9H12.C3H8/c1-6-9-11-5-8(7(2)13)12(9)4-3-10-6;1-3-9-7-5-4-6-8(9)2;1-3-2/h5-6,10H,3-4H2,1-2H3;4-7H,3H2,1-2H3;3H2,1-2H3. The van der Waals surface area contributed by atoms with Crippen molar-refractivity contribution < 1.29 is 4.79 Å². The molecule has 0 amide bonds. The number of aryl methyl sites for hydroxylation is 2. The summed E-state index contributed by atoms with van der Waals surface area (Å²) < 4.78 is 2.00. The smallest absolute Gasteiger partial charge is 0.177 e. The lowest BCUT2D eigenvalue weighted by Gasteiger charge is -2.22. The molecule has 2 heterocycles. The first-order valence-electron chi connectivity index (χ1n) is 9.30. The average Bonchev–Trinajstić information content (AvgIpc) is 3.02. The third kappa shape index (κ3) is 6.13. The van der Waals surface area contributed by atoms with Gasteiger partial charge in [-0.25, -0.2) is 4.98 Å². The van der Waals surface area contributed by atoms with E-state index in [0.29, 0.717) is 0 Å². The van der Waals surface area contributed by atoms with Gasteiger partial charge in [0, 0.05) is 20.0 Å². The molecule has 0 saturated carbocycles. The maximum absolute atomic E-state index is 11.2. The summed E-state index contributed by atoms with van der Waals surface area (Å²) >= 11 is 0. The number of aromatic nitrogens is 2. The Morgan fingerprint density at radius 1 is 1.28 bits per heavy atom. The Morgan fingerprint density at radius 3 is 2.44 bits per heavy atom. The summed E-state index contributed by atoms with van der Waals surface area (Å²) in [7, 11) is 0. The third-order valence-electron chi connectivity index (χ3n) is 4.06. The highest BCUT2D eigenvalue weighted by molar-refractivity contribution is 5.92. The van der Waals surface area contributed by atoms with Crippen LogP contribution in [-0.2, 0) is 13.0 Å². The van der Waals surface area contributed by atoms with Crippen molar-refractivity contribution in [1.29, 1.82) is 0 Å². The van der Waals surface area contributed by atoms with Crippen LogP contribution in [0.2, 0.25) is 0 Å². The minimum atomic E-state index is 0.0906. The minimum Gasteiger partial charge on any atom is -0.323 e. The molecule has 0 radical (unpaired) electrons. The summed E-state index contributed by atoms with van der Waals surface area (Å²) in [5.74, 6) is 1.06. The van der Waals surface area contributed by atoms with E-state index in [0.717, 1.165) is 31.0 Å². The molecule has 1 aliphatic heterocycles. The van der Waals surface area contributed by atoms with E-state index in [4.69, 9.17) is 0 Å². The first-order chi connectivity index (χ1) is 12.0. The Morgan fingerprint density at radius 2 is 1.92 bits per heavy atom. The fourth-order valence-electron chi connectivity index (χ4n) is 2.74. The molecule has 3 rings (SSSR count). The van der Waals surface area contributed by atoms with Crippen LogP contribution in [0.4, 0.5) is 0 Å². The van der Waals surface area contributed by atoms with Gasteiger partial charge >= 0.3 is 0 Å². The van der Waals surface area contributed by atoms with E-state index in [1.807, 2.05) is 4.57 Å². The largest absolute Gasteiger partial charge is 0.323 e. The van der Waals surface area contributed by atoms with E-state index < -0.39 is 0 Å². The number of nitrogens with one attached hydrogen (secondary N) is 1. The van der Waals surface area contributed by atoms with Gasteiger partial charge in [0.05, 0.1) is 12.2 Å². The Hall–Kier alpha value is -1.94. The summed E-state index contributed by atoms with van der Waals surface area (Å²) in [5, 5.41) is 3.30. The second-order valence-corrected chi connectivity index (χ2v) is 6.37. The van der Waals surface area contributed by atoms with E-state index in [-0.39, 0.29) is 11.8 Å². The quantitative estimate of drug-likeness (QED) is 0.802. The van der Waals surface area contributed by atoms with Crippen LogP contribution >= 0.6 is 0 Å². The van der Waals surface area contributed by atoms with Crippen LogP contribution in [0.15, 0.2) is 30.5 Å². The van der Waals surface area contributed by atoms with Crippen molar-refractivity contribution in [3.05, 3.63) is 53.1 Å². The molecule has 0 aliphatic carbocycles. The van der Waals surface area contributed by atoms with Gasteiger partial charge in [0.15, 0.2) is 5.78 Å². The SMILES string of the molecule is CC(=O)c1cnc2n1CCNC2C.CCC.CCc1ccccc1C. The second kappa shape index (κ2) is 10.8. The van der Waals surface area contributed by atoms with Crippen molar-refractivity contribution in [2.75, 3.05) is 6.54 Å². The highest BCUT2D eigenvalue weighted by Gasteiger charge is 2.20. The Bertz CT molecular complexity index is 661. The lowest BCUT2D eigenvalue weighted by atomic mass is 10.1. The lowest BCUT2D eigenvalue weighted by molar-refractivity contribution is 0.100. The molecule has 1 aromatic heterocycles. The Labute approximate surface area is 152 Å². The van der Waals surface area contributed by atoms with Crippen LogP contribution in [-0.4, -0.2) is 21.9 Å². The fraction of sp³-hybridized carbons (Fsp3) is 0.524. The molecular weight excluding hydrogens is 310 g/mol. The van der Waals surface area contributed by atoms with Crippen molar-refractivity contribution >= 4 is 5.78 Å². The average molecular weight is 344 g/mol. The zero-order valence-electron chi connectivity index (χ0n) is 16.6. The fourth-order valence-corrected chi connectivity index (χ4v) is 2.74. The number of fused-ring (bicyclic) bond motifs is 1. The number of hydrogen-bond donors (Lipinski definition) is 1.